The van der Waals surface area contributed by atoms with Crippen molar-refractivity contribution in [2.24, 2.45) is 17.3 Å². The van der Waals surface area contributed by atoms with Crippen molar-refractivity contribution in [3.8, 4) is 0 Å². The Kier molecular flexibility index (Phi) is 6.13. The zero-order valence-electron chi connectivity index (χ0n) is 14.0. The monoisotopic (exact) mass is 399 g/mol. The summed E-state index contributed by atoms with van der Waals surface area (Å²) >= 11 is 2.39. The zero-order valence-corrected chi connectivity index (χ0v) is 16.1. The van der Waals surface area contributed by atoms with Crippen molar-refractivity contribution in [3.05, 3.63) is 33.4 Å². The summed E-state index contributed by atoms with van der Waals surface area (Å²) in [6.07, 6.45) is 5.31. The molecule has 1 nitrogen and oxygen atoms in total. The molecule has 2 rings (SSSR count). The molecule has 1 aromatic carbocycles. The quantitative estimate of drug-likeness (QED) is 0.680. The highest BCUT2D eigenvalue weighted by molar-refractivity contribution is 14.1. The van der Waals surface area contributed by atoms with E-state index in [0.29, 0.717) is 11.5 Å². The van der Waals surface area contributed by atoms with E-state index in [1.165, 1.54) is 34.8 Å². The fourth-order valence-electron chi connectivity index (χ4n) is 3.73. The van der Waals surface area contributed by atoms with Crippen LogP contribution in [0.15, 0.2) is 24.3 Å². The molecule has 0 heterocycles. The van der Waals surface area contributed by atoms with Crippen molar-refractivity contribution in [2.75, 3.05) is 6.54 Å². The van der Waals surface area contributed by atoms with Gasteiger partial charge in [-0.1, -0.05) is 39.8 Å². The summed E-state index contributed by atoms with van der Waals surface area (Å²) in [4.78, 5) is 0. The Bertz CT molecular complexity index is 432. The van der Waals surface area contributed by atoms with Crippen molar-refractivity contribution in [1.82, 2.24) is 5.32 Å². The van der Waals surface area contributed by atoms with Crippen LogP contribution in [-0.4, -0.2) is 12.6 Å². The average molecular weight is 399 g/mol. The van der Waals surface area contributed by atoms with Gasteiger partial charge in [-0.05, 0) is 89.8 Å². The summed E-state index contributed by atoms with van der Waals surface area (Å²) in [5, 5.41) is 3.74. The van der Waals surface area contributed by atoms with E-state index >= 15 is 0 Å². The van der Waals surface area contributed by atoms with E-state index < -0.39 is 0 Å². The van der Waals surface area contributed by atoms with Crippen LogP contribution in [0, 0.1) is 20.8 Å². The zero-order chi connectivity index (χ0) is 15.5. The van der Waals surface area contributed by atoms with Crippen LogP contribution in [0.1, 0.15) is 52.5 Å². The van der Waals surface area contributed by atoms with E-state index in [9.17, 15) is 0 Å². The van der Waals surface area contributed by atoms with E-state index in [4.69, 9.17) is 0 Å². The summed E-state index contributed by atoms with van der Waals surface area (Å²) in [5.41, 5.74) is 1.94. The number of rotatable bonds is 4. The predicted molar refractivity (Wildman–Crippen MR) is 101 cm³/mol. The van der Waals surface area contributed by atoms with Crippen molar-refractivity contribution in [2.45, 2.75) is 59.4 Å². The second-order valence-corrected chi connectivity index (χ2v) is 8.88. The molecule has 0 aliphatic heterocycles. The first-order chi connectivity index (χ1) is 9.90. The van der Waals surface area contributed by atoms with Gasteiger partial charge in [0.05, 0.1) is 0 Å². The lowest BCUT2D eigenvalue weighted by Crippen LogP contribution is -2.43. The normalized spacial score (nSPS) is 26.8. The predicted octanol–water partition coefficient (Wildman–Crippen LogP) is 5.27. The third-order valence-electron chi connectivity index (χ3n) is 5.08. The molecule has 21 heavy (non-hydrogen) atoms. The van der Waals surface area contributed by atoms with Gasteiger partial charge in [0.15, 0.2) is 0 Å². The molecule has 0 aromatic heterocycles. The Morgan fingerprint density at radius 1 is 1.14 bits per heavy atom. The molecule has 0 radical (unpaired) electrons. The Hall–Kier alpha value is -0.0900. The molecule has 3 unspecified atom stereocenters. The second-order valence-electron chi connectivity index (χ2n) is 7.63. The molecule has 1 aliphatic carbocycles. The van der Waals surface area contributed by atoms with E-state index in [0.717, 1.165) is 18.4 Å². The van der Waals surface area contributed by atoms with E-state index in [1.54, 1.807) is 0 Å². The summed E-state index contributed by atoms with van der Waals surface area (Å²) in [6.45, 7) is 10.6. The molecule has 3 atom stereocenters. The molecule has 2 heteroatoms. The van der Waals surface area contributed by atoms with E-state index in [1.807, 2.05) is 0 Å². The van der Waals surface area contributed by atoms with Gasteiger partial charge in [0.1, 0.15) is 0 Å². The lowest BCUT2D eigenvalue weighted by Gasteiger charge is -2.42. The van der Waals surface area contributed by atoms with Crippen LogP contribution >= 0.6 is 22.6 Å². The van der Waals surface area contributed by atoms with E-state index in [2.05, 4.69) is 79.9 Å². The lowest BCUT2D eigenvalue weighted by atomic mass is 9.66. The van der Waals surface area contributed by atoms with Crippen LogP contribution in [-0.2, 0) is 6.42 Å². The molecule has 1 aromatic rings. The van der Waals surface area contributed by atoms with Crippen molar-refractivity contribution in [1.29, 1.82) is 0 Å². The topological polar surface area (TPSA) is 12.0 Å². The summed E-state index contributed by atoms with van der Waals surface area (Å²) in [5.74, 6) is 1.64. The molecule has 0 spiro atoms. The molecular formula is C19H30IN. The first-order valence-electron chi connectivity index (χ1n) is 8.38. The Labute approximate surface area is 144 Å². The van der Waals surface area contributed by atoms with Crippen molar-refractivity contribution < 1.29 is 0 Å². The minimum atomic E-state index is 0.446. The van der Waals surface area contributed by atoms with Gasteiger partial charge in [0.25, 0.3) is 0 Å². The first-order valence-corrected chi connectivity index (χ1v) is 9.46. The van der Waals surface area contributed by atoms with Gasteiger partial charge < -0.3 is 5.32 Å². The van der Waals surface area contributed by atoms with Crippen LogP contribution in [0.25, 0.3) is 0 Å². The molecule has 1 aliphatic rings. The first kappa shape index (κ1) is 17.3. The Balaban J connectivity index is 2.08. The Morgan fingerprint density at radius 3 is 2.38 bits per heavy atom. The van der Waals surface area contributed by atoms with Gasteiger partial charge in [0.2, 0.25) is 0 Å². The molecule has 0 amide bonds. The van der Waals surface area contributed by atoms with Gasteiger partial charge in [-0.25, -0.2) is 0 Å². The van der Waals surface area contributed by atoms with Crippen LogP contribution < -0.4 is 5.32 Å². The largest absolute Gasteiger partial charge is 0.314 e. The van der Waals surface area contributed by atoms with Gasteiger partial charge in [-0.2, -0.15) is 0 Å². The van der Waals surface area contributed by atoms with Crippen LogP contribution in [0.4, 0.5) is 0 Å². The van der Waals surface area contributed by atoms with Crippen LogP contribution in [0.3, 0.4) is 0 Å². The Morgan fingerprint density at radius 2 is 1.81 bits per heavy atom. The van der Waals surface area contributed by atoms with Gasteiger partial charge in [-0.15, -0.1) is 0 Å². The maximum absolute atomic E-state index is 3.74. The van der Waals surface area contributed by atoms with Gasteiger partial charge in [0, 0.05) is 9.61 Å². The standard InChI is InChI=1S/C19H30IN/c1-5-21-18-11-8-16(19(2,3)4)13-15(18)12-14-6-9-17(20)10-7-14/h6-7,9-10,15-16,18,21H,5,8,11-13H2,1-4H3. The molecule has 1 saturated carbocycles. The SMILES string of the molecule is CCNC1CCC(C(C)(C)C)CC1Cc1ccc(I)cc1. The molecule has 1 fully saturated rings. The molecule has 0 bridgehead atoms. The van der Waals surface area contributed by atoms with Crippen LogP contribution in [0.5, 0.6) is 0 Å². The third kappa shape index (κ3) is 4.95. The van der Waals surface area contributed by atoms with Crippen molar-refractivity contribution >= 4 is 22.6 Å². The highest BCUT2D eigenvalue weighted by Gasteiger charge is 2.35. The summed E-state index contributed by atoms with van der Waals surface area (Å²) in [6, 6.07) is 9.80. The van der Waals surface area contributed by atoms with Crippen LogP contribution in [0.2, 0.25) is 0 Å². The fraction of sp³-hybridized carbons (Fsp3) is 0.684. The highest BCUT2D eigenvalue weighted by Crippen LogP contribution is 2.41. The number of hydrogen-bond acceptors (Lipinski definition) is 1. The van der Waals surface area contributed by atoms with E-state index in [-0.39, 0.29) is 0 Å². The number of benzene rings is 1. The maximum atomic E-state index is 3.74. The lowest BCUT2D eigenvalue weighted by molar-refractivity contribution is 0.114. The number of hydrogen-bond donors (Lipinski definition) is 1. The number of nitrogens with one attached hydrogen (secondary N) is 1. The smallest absolute Gasteiger partial charge is 0.0130 e. The fourth-order valence-corrected chi connectivity index (χ4v) is 4.09. The summed E-state index contributed by atoms with van der Waals surface area (Å²) < 4.78 is 1.33. The molecule has 118 valence electrons. The highest BCUT2D eigenvalue weighted by atomic mass is 127. The van der Waals surface area contributed by atoms with Gasteiger partial charge in [-0.3, -0.25) is 0 Å². The van der Waals surface area contributed by atoms with Gasteiger partial charge >= 0.3 is 0 Å². The molecule has 1 N–H and O–H groups in total. The molecular weight excluding hydrogens is 369 g/mol. The minimum absolute atomic E-state index is 0.446. The molecule has 0 saturated heterocycles. The average Bonchev–Trinajstić information content (AvgIpc) is 2.42. The summed E-state index contributed by atoms with van der Waals surface area (Å²) in [7, 11) is 0. The minimum Gasteiger partial charge on any atom is -0.314 e. The van der Waals surface area contributed by atoms with Crippen molar-refractivity contribution in [3.63, 3.8) is 0 Å². The number of halogens is 1. The maximum Gasteiger partial charge on any atom is 0.0130 e. The third-order valence-corrected chi connectivity index (χ3v) is 5.80. The second kappa shape index (κ2) is 7.45.